The molecule has 1 saturated heterocycles. The standard InChI is InChI=1S/C24H32N6O/c1-2-25-24(27-18-22(23-11-8-16-31-23)29-14-6-7-15-29)26-13-12-20-17-28-30(19-20)21-9-4-3-5-10-21/h3-5,8-11,16-17,19,22H,2,6-7,12-15,18H2,1H3,(H2,25,26,27). The first kappa shape index (κ1) is 21.2. The topological polar surface area (TPSA) is 70.6 Å². The lowest BCUT2D eigenvalue weighted by Gasteiger charge is -2.24. The molecule has 0 bridgehead atoms. The molecule has 1 aliphatic heterocycles. The summed E-state index contributed by atoms with van der Waals surface area (Å²) in [6, 6.07) is 14.4. The zero-order chi connectivity index (χ0) is 21.3. The summed E-state index contributed by atoms with van der Waals surface area (Å²) in [5, 5.41) is 11.3. The van der Waals surface area contributed by atoms with Crippen LogP contribution >= 0.6 is 0 Å². The van der Waals surface area contributed by atoms with E-state index in [4.69, 9.17) is 9.41 Å². The Morgan fingerprint density at radius 1 is 1.13 bits per heavy atom. The van der Waals surface area contributed by atoms with Crippen molar-refractivity contribution < 1.29 is 4.42 Å². The highest BCUT2D eigenvalue weighted by Crippen LogP contribution is 2.25. The average Bonchev–Trinajstić information content (AvgIpc) is 3.58. The number of aromatic nitrogens is 2. The maximum Gasteiger partial charge on any atom is 0.191 e. The zero-order valence-electron chi connectivity index (χ0n) is 18.2. The minimum Gasteiger partial charge on any atom is -0.468 e. The lowest BCUT2D eigenvalue weighted by Crippen LogP contribution is -2.39. The summed E-state index contributed by atoms with van der Waals surface area (Å²) in [5.41, 5.74) is 2.26. The zero-order valence-corrected chi connectivity index (χ0v) is 18.2. The predicted molar refractivity (Wildman–Crippen MR) is 124 cm³/mol. The van der Waals surface area contributed by atoms with E-state index in [0.29, 0.717) is 6.54 Å². The summed E-state index contributed by atoms with van der Waals surface area (Å²) < 4.78 is 7.63. The van der Waals surface area contributed by atoms with E-state index < -0.39 is 0 Å². The molecule has 1 fully saturated rings. The van der Waals surface area contributed by atoms with Gasteiger partial charge in [-0.2, -0.15) is 5.10 Å². The maximum atomic E-state index is 5.72. The second kappa shape index (κ2) is 10.8. The van der Waals surface area contributed by atoms with E-state index in [2.05, 4.69) is 52.0 Å². The number of nitrogens with zero attached hydrogens (tertiary/aromatic N) is 4. The molecule has 1 aromatic carbocycles. The molecule has 0 radical (unpaired) electrons. The highest BCUT2D eigenvalue weighted by Gasteiger charge is 2.25. The predicted octanol–water partition coefficient (Wildman–Crippen LogP) is 3.40. The van der Waals surface area contributed by atoms with Crippen LogP contribution < -0.4 is 10.6 Å². The molecule has 0 spiro atoms. The molecule has 2 N–H and O–H groups in total. The van der Waals surface area contributed by atoms with Gasteiger partial charge in [-0.25, -0.2) is 4.68 Å². The van der Waals surface area contributed by atoms with Crippen LogP contribution in [0.25, 0.3) is 5.69 Å². The van der Waals surface area contributed by atoms with Gasteiger partial charge in [-0.15, -0.1) is 0 Å². The third kappa shape index (κ3) is 5.76. The molecule has 7 heteroatoms. The average molecular weight is 421 g/mol. The van der Waals surface area contributed by atoms with Gasteiger partial charge in [0.2, 0.25) is 0 Å². The van der Waals surface area contributed by atoms with Gasteiger partial charge in [0, 0.05) is 19.3 Å². The van der Waals surface area contributed by atoms with Gasteiger partial charge in [0.25, 0.3) is 0 Å². The molecule has 7 nitrogen and oxygen atoms in total. The lowest BCUT2D eigenvalue weighted by molar-refractivity contribution is 0.221. The number of nitrogens with one attached hydrogen (secondary N) is 2. The third-order valence-corrected chi connectivity index (χ3v) is 5.58. The van der Waals surface area contributed by atoms with E-state index in [1.165, 1.54) is 18.4 Å². The quantitative estimate of drug-likeness (QED) is 0.410. The van der Waals surface area contributed by atoms with E-state index in [0.717, 1.165) is 50.0 Å². The van der Waals surface area contributed by atoms with Gasteiger partial charge in [-0.1, -0.05) is 18.2 Å². The SMILES string of the molecule is CCNC(=NCC(c1ccco1)N1CCCC1)NCCc1cnn(-c2ccccc2)c1. The van der Waals surface area contributed by atoms with Gasteiger partial charge in [0.1, 0.15) is 5.76 Å². The number of furan rings is 1. The second-order valence-electron chi connectivity index (χ2n) is 7.80. The molecule has 1 atom stereocenters. The van der Waals surface area contributed by atoms with Crippen LogP contribution in [-0.2, 0) is 6.42 Å². The molecule has 1 unspecified atom stereocenters. The first-order chi connectivity index (χ1) is 15.3. The minimum absolute atomic E-state index is 0.192. The van der Waals surface area contributed by atoms with Gasteiger partial charge in [0.15, 0.2) is 5.96 Å². The number of para-hydroxylation sites is 1. The minimum atomic E-state index is 0.192. The van der Waals surface area contributed by atoms with Crippen LogP contribution in [0, 0.1) is 0 Å². The fourth-order valence-electron chi connectivity index (χ4n) is 3.98. The van der Waals surface area contributed by atoms with Crippen molar-refractivity contribution in [1.82, 2.24) is 25.3 Å². The van der Waals surface area contributed by atoms with Gasteiger partial charge in [-0.3, -0.25) is 9.89 Å². The molecule has 0 amide bonds. The van der Waals surface area contributed by atoms with Gasteiger partial charge >= 0.3 is 0 Å². The van der Waals surface area contributed by atoms with Gasteiger partial charge < -0.3 is 15.1 Å². The monoisotopic (exact) mass is 420 g/mol. The molecule has 164 valence electrons. The van der Waals surface area contributed by atoms with Crippen molar-refractivity contribution in [2.24, 2.45) is 4.99 Å². The van der Waals surface area contributed by atoms with Crippen LogP contribution in [0.4, 0.5) is 0 Å². The third-order valence-electron chi connectivity index (χ3n) is 5.58. The summed E-state index contributed by atoms with van der Waals surface area (Å²) in [6.07, 6.45) is 9.14. The molecule has 3 aromatic rings. The largest absolute Gasteiger partial charge is 0.468 e. The highest BCUT2D eigenvalue weighted by molar-refractivity contribution is 5.79. The van der Waals surface area contributed by atoms with Crippen LogP contribution in [0.2, 0.25) is 0 Å². The molecule has 31 heavy (non-hydrogen) atoms. The summed E-state index contributed by atoms with van der Waals surface area (Å²) in [5.74, 6) is 1.84. The Bertz CT molecular complexity index is 928. The van der Waals surface area contributed by atoms with Crippen molar-refractivity contribution >= 4 is 5.96 Å². The van der Waals surface area contributed by atoms with Crippen LogP contribution in [0.3, 0.4) is 0 Å². The Labute approximate surface area is 184 Å². The lowest BCUT2D eigenvalue weighted by atomic mass is 10.2. The molecule has 3 heterocycles. The Morgan fingerprint density at radius 2 is 1.97 bits per heavy atom. The van der Waals surface area contributed by atoms with Crippen molar-refractivity contribution in [3.8, 4) is 5.69 Å². The number of aliphatic imine (C=N–C) groups is 1. The Balaban J connectivity index is 1.34. The summed E-state index contributed by atoms with van der Waals surface area (Å²) in [6.45, 7) is 6.60. The van der Waals surface area contributed by atoms with Crippen molar-refractivity contribution in [3.05, 3.63) is 72.4 Å². The van der Waals surface area contributed by atoms with Gasteiger partial charge in [-0.05, 0) is 69.1 Å². The van der Waals surface area contributed by atoms with Crippen LogP contribution in [0.15, 0.2) is 70.5 Å². The molecule has 1 aliphatic rings. The van der Waals surface area contributed by atoms with Crippen LogP contribution in [-0.4, -0.2) is 53.4 Å². The number of hydrogen-bond acceptors (Lipinski definition) is 4. The Kier molecular flexibility index (Phi) is 7.39. The number of guanidine groups is 1. The van der Waals surface area contributed by atoms with Crippen molar-refractivity contribution in [3.63, 3.8) is 0 Å². The summed E-state index contributed by atoms with van der Waals surface area (Å²) >= 11 is 0. The summed E-state index contributed by atoms with van der Waals surface area (Å²) in [7, 11) is 0. The van der Waals surface area contributed by atoms with E-state index in [1.54, 1.807) is 6.26 Å². The van der Waals surface area contributed by atoms with Crippen LogP contribution in [0.5, 0.6) is 0 Å². The molecule has 4 rings (SSSR count). The highest BCUT2D eigenvalue weighted by atomic mass is 16.3. The van der Waals surface area contributed by atoms with Crippen molar-refractivity contribution in [2.75, 3.05) is 32.7 Å². The molecular weight excluding hydrogens is 388 g/mol. The summed E-state index contributed by atoms with van der Waals surface area (Å²) in [4.78, 5) is 7.35. The van der Waals surface area contributed by atoms with Gasteiger partial charge in [0.05, 0.1) is 30.7 Å². The molecule has 0 saturated carbocycles. The van der Waals surface area contributed by atoms with Crippen molar-refractivity contribution in [1.29, 1.82) is 0 Å². The fraction of sp³-hybridized carbons (Fsp3) is 0.417. The smallest absolute Gasteiger partial charge is 0.191 e. The van der Waals surface area contributed by atoms with Crippen molar-refractivity contribution in [2.45, 2.75) is 32.2 Å². The van der Waals surface area contributed by atoms with E-state index in [1.807, 2.05) is 35.1 Å². The maximum absolute atomic E-state index is 5.72. The Hall–Kier alpha value is -3.06. The molecule has 2 aromatic heterocycles. The molecule has 0 aliphatic carbocycles. The van der Waals surface area contributed by atoms with E-state index in [-0.39, 0.29) is 6.04 Å². The number of likely N-dealkylation sites (tertiary alicyclic amines) is 1. The molecular formula is C24H32N6O. The fourth-order valence-corrected chi connectivity index (χ4v) is 3.98. The Morgan fingerprint density at radius 3 is 2.71 bits per heavy atom. The first-order valence-corrected chi connectivity index (χ1v) is 11.2. The first-order valence-electron chi connectivity index (χ1n) is 11.2. The second-order valence-corrected chi connectivity index (χ2v) is 7.80. The normalized spacial score (nSPS) is 15.8. The number of benzene rings is 1. The van der Waals surface area contributed by atoms with E-state index in [9.17, 15) is 0 Å². The van der Waals surface area contributed by atoms with Crippen LogP contribution in [0.1, 0.15) is 37.1 Å². The number of hydrogen-bond donors (Lipinski definition) is 2. The van der Waals surface area contributed by atoms with E-state index >= 15 is 0 Å². The number of rotatable bonds is 9.